The Morgan fingerprint density at radius 1 is 0.875 bits per heavy atom. The van der Waals surface area contributed by atoms with E-state index in [1.165, 1.54) is 83.1 Å². The second-order valence-corrected chi connectivity index (χ2v) is 9.85. The fraction of sp³-hybridized carbons (Fsp3) is 0.643. The summed E-state index contributed by atoms with van der Waals surface area (Å²) in [7, 11) is 0. The zero-order valence-corrected chi connectivity index (χ0v) is 19.2. The van der Waals surface area contributed by atoms with Crippen LogP contribution in [0.2, 0.25) is 0 Å². The first-order valence-corrected chi connectivity index (χ1v) is 12.4. The van der Waals surface area contributed by atoms with E-state index in [0.717, 1.165) is 29.9 Å². The van der Waals surface area contributed by atoms with Crippen molar-refractivity contribution in [3.8, 4) is 11.8 Å². The van der Waals surface area contributed by atoms with Crippen LogP contribution in [0.4, 0.5) is 17.6 Å². The Labute approximate surface area is 190 Å². The summed E-state index contributed by atoms with van der Waals surface area (Å²) in [6.45, 7) is 2.30. The predicted molar refractivity (Wildman–Crippen MR) is 122 cm³/mol. The predicted octanol–water partition coefficient (Wildman–Crippen LogP) is 8.95. The molecule has 0 saturated heterocycles. The fourth-order valence-corrected chi connectivity index (χ4v) is 5.49. The highest BCUT2D eigenvalue weighted by atomic mass is 19.4. The Kier molecular flexibility index (Phi) is 9.26. The van der Waals surface area contributed by atoms with Crippen LogP contribution in [0.15, 0.2) is 30.4 Å². The van der Waals surface area contributed by atoms with Crippen LogP contribution in [0.3, 0.4) is 0 Å². The molecule has 2 fully saturated rings. The lowest BCUT2D eigenvalue weighted by Gasteiger charge is -2.31. The molecule has 0 aromatic heterocycles. The van der Waals surface area contributed by atoms with Gasteiger partial charge in [-0.3, -0.25) is 0 Å². The highest BCUT2D eigenvalue weighted by molar-refractivity contribution is 5.39. The molecule has 3 rings (SSSR count). The maximum Gasteiger partial charge on any atom is 0.419 e. The minimum absolute atomic E-state index is 0.257. The van der Waals surface area contributed by atoms with Crippen molar-refractivity contribution in [3.63, 3.8) is 0 Å². The standard InChI is InChI=1S/C28H36F4/c1-2-5-21-8-12-23(13-9-21)16-17-24-14-10-22(11-15-24)6-3-4-7-25-18-19-26(27(29)20-25)28(30,31)32/h3,6,18-24H,2,5,8-17H2,1H3/b6-3+. The molecule has 0 radical (unpaired) electrons. The van der Waals surface area contributed by atoms with E-state index in [0.29, 0.717) is 5.92 Å². The number of rotatable bonds is 6. The van der Waals surface area contributed by atoms with Gasteiger partial charge in [0.05, 0.1) is 5.56 Å². The van der Waals surface area contributed by atoms with Crippen LogP contribution in [0.5, 0.6) is 0 Å². The SMILES string of the molecule is CCCC1CCC(CCC2CCC(/C=C/C#Cc3ccc(C(F)(F)F)c(F)c3)CC2)CC1. The molecule has 0 bridgehead atoms. The van der Waals surface area contributed by atoms with Crippen molar-refractivity contribution in [3.05, 3.63) is 47.3 Å². The van der Waals surface area contributed by atoms with Crippen LogP contribution < -0.4 is 0 Å². The molecule has 1 aromatic carbocycles. The zero-order chi connectivity index (χ0) is 23.0. The molecule has 0 heterocycles. The normalized spacial score (nSPS) is 26.7. The van der Waals surface area contributed by atoms with Gasteiger partial charge in [0.15, 0.2) is 0 Å². The minimum atomic E-state index is -4.68. The fourth-order valence-electron chi connectivity index (χ4n) is 5.49. The molecule has 0 aliphatic heterocycles. The van der Waals surface area contributed by atoms with Gasteiger partial charge in [0, 0.05) is 5.56 Å². The summed E-state index contributed by atoms with van der Waals surface area (Å²) in [4.78, 5) is 0. The Bertz CT molecular complexity index is 795. The van der Waals surface area contributed by atoms with Crippen LogP contribution in [0.25, 0.3) is 0 Å². The van der Waals surface area contributed by atoms with Gasteiger partial charge < -0.3 is 0 Å². The lowest BCUT2D eigenvalue weighted by Crippen LogP contribution is -2.17. The van der Waals surface area contributed by atoms with Crippen molar-refractivity contribution in [1.82, 2.24) is 0 Å². The van der Waals surface area contributed by atoms with Crippen molar-refractivity contribution in [2.24, 2.45) is 23.7 Å². The molecule has 0 spiro atoms. The van der Waals surface area contributed by atoms with Crippen molar-refractivity contribution in [2.75, 3.05) is 0 Å². The van der Waals surface area contributed by atoms with Gasteiger partial charge >= 0.3 is 6.18 Å². The average Bonchev–Trinajstić information content (AvgIpc) is 2.76. The Balaban J connectivity index is 1.36. The van der Waals surface area contributed by atoms with Gasteiger partial charge in [-0.1, -0.05) is 76.2 Å². The average molecular weight is 449 g/mol. The molecule has 2 aliphatic carbocycles. The molecule has 0 atom stereocenters. The molecule has 2 aliphatic rings. The molecule has 2 saturated carbocycles. The third-order valence-corrected chi connectivity index (χ3v) is 7.48. The first kappa shape index (κ1) is 24.9. The van der Waals surface area contributed by atoms with Crippen molar-refractivity contribution in [1.29, 1.82) is 0 Å². The Hall–Kier alpha value is -1.76. The van der Waals surface area contributed by atoms with Gasteiger partial charge in [-0.2, -0.15) is 13.2 Å². The van der Waals surface area contributed by atoms with Crippen molar-refractivity contribution in [2.45, 2.75) is 90.1 Å². The quantitative estimate of drug-likeness (QED) is 0.301. The van der Waals surface area contributed by atoms with Crippen LogP contribution in [0.1, 0.15) is 95.1 Å². The number of alkyl halides is 3. The molecular formula is C28H36F4. The highest BCUT2D eigenvalue weighted by Gasteiger charge is 2.33. The van der Waals surface area contributed by atoms with E-state index in [1.807, 2.05) is 0 Å². The summed E-state index contributed by atoms with van der Waals surface area (Å²) in [6.07, 6.45) is 15.4. The summed E-state index contributed by atoms with van der Waals surface area (Å²) in [5.41, 5.74) is -0.993. The van der Waals surface area contributed by atoms with Crippen LogP contribution in [0, 0.1) is 41.3 Å². The largest absolute Gasteiger partial charge is 0.419 e. The topological polar surface area (TPSA) is 0 Å². The number of halogens is 4. The molecule has 0 amide bonds. The molecule has 1 aromatic rings. The summed E-state index contributed by atoms with van der Waals surface area (Å²) in [5.74, 6) is 7.62. The molecule has 0 N–H and O–H groups in total. The molecule has 0 unspecified atom stereocenters. The molecule has 0 nitrogen and oxygen atoms in total. The Morgan fingerprint density at radius 2 is 1.44 bits per heavy atom. The van der Waals surface area contributed by atoms with Gasteiger partial charge in [0.25, 0.3) is 0 Å². The van der Waals surface area contributed by atoms with Gasteiger partial charge in [-0.25, -0.2) is 4.39 Å². The van der Waals surface area contributed by atoms with E-state index >= 15 is 0 Å². The van der Waals surface area contributed by atoms with E-state index in [1.54, 1.807) is 6.08 Å². The highest BCUT2D eigenvalue weighted by Crippen LogP contribution is 2.38. The Morgan fingerprint density at radius 3 is 1.97 bits per heavy atom. The number of hydrogen-bond acceptors (Lipinski definition) is 0. The number of hydrogen-bond donors (Lipinski definition) is 0. The van der Waals surface area contributed by atoms with Gasteiger partial charge in [0.1, 0.15) is 5.82 Å². The summed E-state index contributed by atoms with van der Waals surface area (Å²) < 4.78 is 51.5. The van der Waals surface area contributed by atoms with E-state index in [2.05, 4.69) is 24.8 Å². The molecule has 32 heavy (non-hydrogen) atoms. The van der Waals surface area contributed by atoms with Crippen LogP contribution >= 0.6 is 0 Å². The smallest absolute Gasteiger partial charge is 0.206 e. The van der Waals surface area contributed by atoms with Gasteiger partial charge in [-0.05, 0) is 73.6 Å². The lowest BCUT2D eigenvalue weighted by molar-refractivity contribution is -0.140. The first-order valence-electron chi connectivity index (χ1n) is 12.4. The molecular weight excluding hydrogens is 412 g/mol. The number of allylic oxidation sites excluding steroid dienone is 2. The van der Waals surface area contributed by atoms with Crippen molar-refractivity contribution < 1.29 is 17.6 Å². The van der Waals surface area contributed by atoms with E-state index in [9.17, 15) is 17.6 Å². The molecule has 4 heteroatoms. The van der Waals surface area contributed by atoms with E-state index in [-0.39, 0.29) is 5.56 Å². The van der Waals surface area contributed by atoms with Crippen LogP contribution in [-0.2, 0) is 6.18 Å². The molecule has 176 valence electrons. The van der Waals surface area contributed by atoms with Crippen LogP contribution in [-0.4, -0.2) is 0 Å². The minimum Gasteiger partial charge on any atom is -0.206 e. The second-order valence-electron chi connectivity index (χ2n) is 9.85. The maximum absolute atomic E-state index is 13.6. The van der Waals surface area contributed by atoms with E-state index in [4.69, 9.17) is 0 Å². The van der Waals surface area contributed by atoms with Gasteiger partial charge in [-0.15, -0.1) is 0 Å². The maximum atomic E-state index is 13.6. The number of benzene rings is 1. The monoisotopic (exact) mass is 448 g/mol. The zero-order valence-electron chi connectivity index (χ0n) is 19.2. The summed E-state index contributed by atoms with van der Waals surface area (Å²) in [6, 6.07) is 2.82. The van der Waals surface area contributed by atoms with Gasteiger partial charge in [0.2, 0.25) is 0 Å². The second kappa shape index (κ2) is 11.9. The van der Waals surface area contributed by atoms with Crippen molar-refractivity contribution >= 4 is 0 Å². The first-order chi connectivity index (χ1) is 15.3. The summed E-state index contributed by atoms with van der Waals surface area (Å²) in [5, 5.41) is 0. The van der Waals surface area contributed by atoms with E-state index < -0.39 is 17.6 Å². The third-order valence-electron chi connectivity index (χ3n) is 7.48. The lowest BCUT2D eigenvalue weighted by atomic mass is 9.75. The third kappa shape index (κ3) is 7.68. The summed E-state index contributed by atoms with van der Waals surface area (Å²) >= 11 is 0.